The van der Waals surface area contributed by atoms with Crippen molar-refractivity contribution in [2.45, 2.75) is 9.24 Å². The molecule has 0 atom stereocenters. The molecule has 0 saturated heterocycles. The van der Waals surface area contributed by atoms with Gasteiger partial charge in [-0.1, -0.05) is 46.3 Å². The van der Waals surface area contributed by atoms with Crippen molar-refractivity contribution in [2.24, 2.45) is 0 Å². The zero-order chi connectivity index (χ0) is 9.97. The Kier molecular flexibility index (Phi) is 3.17. The van der Waals surface area contributed by atoms with Gasteiger partial charge in [-0.05, 0) is 6.07 Å². The molecule has 0 aliphatic rings. The van der Waals surface area contributed by atoms with Crippen LogP contribution in [0, 0.1) is 0 Å². The van der Waals surface area contributed by atoms with Crippen molar-refractivity contribution in [2.75, 3.05) is 0 Å². The first-order chi connectivity index (χ1) is 6.75. The maximum absolute atomic E-state index is 5.82. The fourth-order valence-corrected chi connectivity index (χ4v) is 2.57. The van der Waals surface area contributed by atoms with E-state index < -0.39 is 0 Å². The third-order valence-electron chi connectivity index (χ3n) is 1.22. The minimum atomic E-state index is 0.307. The lowest BCUT2D eigenvalue weighted by Gasteiger charge is -1.98. The van der Waals surface area contributed by atoms with Crippen molar-refractivity contribution in [3.8, 4) is 0 Å². The number of rotatable bonds is 2. The lowest BCUT2D eigenvalue weighted by molar-refractivity contribution is 0.989. The van der Waals surface area contributed by atoms with Gasteiger partial charge in [0.2, 0.25) is 0 Å². The summed E-state index contributed by atoms with van der Waals surface area (Å²) in [7, 11) is 0. The van der Waals surface area contributed by atoms with Crippen LogP contribution in [0.25, 0.3) is 0 Å². The summed E-state index contributed by atoms with van der Waals surface area (Å²) < 4.78 is 0.788. The van der Waals surface area contributed by atoms with Crippen LogP contribution in [-0.4, -0.2) is 20.4 Å². The summed E-state index contributed by atoms with van der Waals surface area (Å²) in [5, 5.41) is 15.5. The highest BCUT2D eigenvalue weighted by Crippen LogP contribution is 2.33. The maximum atomic E-state index is 5.82. The number of nitrogens with zero attached hydrogens (tertiary/aromatic N) is 4. The Morgan fingerprint density at radius 3 is 2.79 bits per heavy atom. The van der Waals surface area contributed by atoms with Crippen LogP contribution in [0.15, 0.2) is 20.8 Å². The molecule has 0 N–H and O–H groups in total. The quantitative estimate of drug-likeness (QED) is 0.835. The Morgan fingerprint density at radius 2 is 2.07 bits per heavy atom. The van der Waals surface area contributed by atoms with Gasteiger partial charge in [0.1, 0.15) is 5.51 Å². The second kappa shape index (κ2) is 4.39. The molecule has 0 aliphatic heterocycles. The van der Waals surface area contributed by atoms with Crippen molar-refractivity contribution < 1.29 is 0 Å². The van der Waals surface area contributed by atoms with Gasteiger partial charge in [-0.15, -0.1) is 20.4 Å². The number of hydrogen-bond acceptors (Lipinski definition) is 6. The van der Waals surface area contributed by atoms with Gasteiger partial charge in [0, 0.05) is 0 Å². The Morgan fingerprint density at radius 1 is 1.21 bits per heavy atom. The van der Waals surface area contributed by atoms with Gasteiger partial charge in [-0.25, -0.2) is 0 Å². The van der Waals surface area contributed by atoms with E-state index in [0.29, 0.717) is 10.3 Å². The highest BCUT2D eigenvalue weighted by Gasteiger charge is 2.07. The second-order valence-corrected chi connectivity index (χ2v) is 5.00. The minimum Gasteiger partial charge on any atom is -0.146 e. The van der Waals surface area contributed by atoms with Gasteiger partial charge in [0.05, 0.1) is 4.90 Å². The topological polar surface area (TPSA) is 51.6 Å². The normalized spacial score (nSPS) is 10.4. The van der Waals surface area contributed by atoms with Crippen molar-refractivity contribution in [3.63, 3.8) is 0 Å². The fraction of sp³-hybridized carbons (Fsp3) is 0. The molecule has 2 heterocycles. The average Bonchev–Trinajstić information content (AvgIpc) is 2.64. The molecule has 8 heteroatoms. The van der Waals surface area contributed by atoms with Crippen LogP contribution < -0.4 is 0 Å². The van der Waals surface area contributed by atoms with Gasteiger partial charge >= 0.3 is 0 Å². The summed E-state index contributed by atoms with van der Waals surface area (Å²) in [6, 6.07) is 1.64. The lowest BCUT2D eigenvalue weighted by atomic mass is 10.6. The Labute approximate surface area is 97.7 Å². The summed E-state index contributed by atoms with van der Waals surface area (Å²) in [6.07, 6.45) is 0. The van der Waals surface area contributed by atoms with Crippen LogP contribution >= 0.6 is 46.3 Å². The lowest BCUT2D eigenvalue weighted by Crippen LogP contribution is -1.85. The molecule has 0 bridgehead atoms. The molecule has 2 rings (SSSR count). The summed E-state index contributed by atoms with van der Waals surface area (Å²) in [5.41, 5.74) is 1.65. The zero-order valence-corrected chi connectivity index (χ0v) is 9.66. The monoisotopic (exact) mass is 264 g/mol. The van der Waals surface area contributed by atoms with E-state index in [1.807, 2.05) is 0 Å². The first-order valence-electron chi connectivity index (χ1n) is 3.38. The standard InChI is InChI=1S/C6H2Cl2N4S2/c7-4-1-3(5(8)11-10-4)14-6-12-9-2-13-6/h1-2H. The highest BCUT2D eigenvalue weighted by atomic mass is 35.5. The van der Waals surface area contributed by atoms with Gasteiger partial charge in [0.15, 0.2) is 14.6 Å². The second-order valence-electron chi connectivity index (χ2n) is 2.13. The van der Waals surface area contributed by atoms with E-state index >= 15 is 0 Å². The molecule has 72 valence electrons. The molecule has 0 aliphatic carbocycles. The smallest absolute Gasteiger partial charge is 0.146 e. The molecule has 2 aromatic heterocycles. The number of aromatic nitrogens is 4. The van der Waals surface area contributed by atoms with Crippen molar-refractivity contribution in [3.05, 3.63) is 21.9 Å². The summed E-state index contributed by atoms with van der Waals surface area (Å²) in [4.78, 5) is 0.725. The molecule has 0 saturated carbocycles. The van der Waals surface area contributed by atoms with Crippen LogP contribution in [0.1, 0.15) is 0 Å². The average molecular weight is 265 g/mol. The zero-order valence-electron chi connectivity index (χ0n) is 6.52. The molecular formula is C6H2Cl2N4S2. The van der Waals surface area contributed by atoms with E-state index in [-0.39, 0.29) is 0 Å². The van der Waals surface area contributed by atoms with Crippen molar-refractivity contribution >= 4 is 46.3 Å². The van der Waals surface area contributed by atoms with Crippen LogP contribution in [0.5, 0.6) is 0 Å². The van der Waals surface area contributed by atoms with E-state index in [9.17, 15) is 0 Å². The molecule has 0 aromatic carbocycles. The molecule has 4 nitrogen and oxygen atoms in total. The van der Waals surface area contributed by atoms with Crippen LogP contribution in [0.4, 0.5) is 0 Å². The summed E-state index contributed by atoms with van der Waals surface area (Å²) in [6.45, 7) is 0. The molecule has 14 heavy (non-hydrogen) atoms. The van der Waals surface area contributed by atoms with Gasteiger partial charge in [-0.2, -0.15) is 0 Å². The fourth-order valence-electron chi connectivity index (χ4n) is 0.711. The number of halogens is 2. The van der Waals surface area contributed by atoms with E-state index in [1.54, 1.807) is 11.6 Å². The molecule has 0 radical (unpaired) electrons. The predicted octanol–water partition coefficient (Wildman–Crippen LogP) is 2.79. The van der Waals surface area contributed by atoms with Gasteiger partial charge < -0.3 is 0 Å². The highest BCUT2D eigenvalue weighted by molar-refractivity contribution is 8.01. The van der Waals surface area contributed by atoms with E-state index in [1.165, 1.54) is 23.1 Å². The Balaban J connectivity index is 2.28. The SMILES string of the molecule is Clc1cc(Sc2nncs2)c(Cl)nn1. The van der Waals surface area contributed by atoms with Gasteiger partial charge in [0.25, 0.3) is 0 Å². The first kappa shape index (κ1) is 10.1. The molecule has 0 fully saturated rings. The predicted molar refractivity (Wildman–Crippen MR) is 56.1 cm³/mol. The van der Waals surface area contributed by atoms with E-state index in [2.05, 4.69) is 20.4 Å². The van der Waals surface area contributed by atoms with Crippen molar-refractivity contribution in [1.82, 2.24) is 20.4 Å². The van der Waals surface area contributed by atoms with E-state index in [0.717, 1.165) is 9.24 Å². The van der Waals surface area contributed by atoms with Gasteiger partial charge in [-0.3, -0.25) is 0 Å². The molecular weight excluding hydrogens is 263 g/mol. The Bertz CT molecular complexity index is 433. The van der Waals surface area contributed by atoms with Crippen LogP contribution in [-0.2, 0) is 0 Å². The number of hydrogen-bond donors (Lipinski definition) is 0. The van der Waals surface area contributed by atoms with Crippen LogP contribution in [0.3, 0.4) is 0 Å². The van der Waals surface area contributed by atoms with Crippen LogP contribution in [0.2, 0.25) is 10.3 Å². The molecule has 0 amide bonds. The molecule has 2 aromatic rings. The summed E-state index contributed by atoms with van der Waals surface area (Å²) >= 11 is 14.3. The maximum Gasteiger partial charge on any atom is 0.178 e. The largest absolute Gasteiger partial charge is 0.178 e. The first-order valence-corrected chi connectivity index (χ1v) is 5.83. The van der Waals surface area contributed by atoms with Crippen molar-refractivity contribution in [1.29, 1.82) is 0 Å². The third kappa shape index (κ3) is 2.33. The summed E-state index contributed by atoms with van der Waals surface area (Å²) in [5.74, 6) is 0. The minimum absolute atomic E-state index is 0.307. The molecule has 0 spiro atoms. The van der Waals surface area contributed by atoms with E-state index in [4.69, 9.17) is 23.2 Å². The molecule has 0 unspecified atom stereocenters. The third-order valence-corrected chi connectivity index (χ3v) is 3.61. The Hall–Kier alpha value is -0.430.